The Kier molecular flexibility index (Phi) is 5.94. The minimum Gasteiger partial charge on any atom is -0.369 e. The van der Waals surface area contributed by atoms with E-state index in [2.05, 4.69) is 10.2 Å². The largest absolute Gasteiger partial charge is 0.369 e. The average molecular weight is 278 g/mol. The zero-order valence-corrected chi connectivity index (χ0v) is 9.98. The van der Waals surface area contributed by atoms with Crippen LogP contribution in [-0.4, -0.2) is 17.1 Å². The van der Waals surface area contributed by atoms with Crippen LogP contribution in [0.1, 0.15) is 5.56 Å². The molecule has 0 atom stereocenters. The molecule has 0 saturated carbocycles. The first-order valence-corrected chi connectivity index (χ1v) is 4.44. The molecule has 0 bridgehead atoms. The second kappa shape index (κ2) is 6.66. The summed E-state index contributed by atoms with van der Waals surface area (Å²) in [6.45, 7) is 0. The van der Waals surface area contributed by atoms with Gasteiger partial charge >= 0.3 is 0 Å². The lowest BCUT2D eigenvalue weighted by atomic mass is 10.2. The van der Waals surface area contributed by atoms with Gasteiger partial charge in [0.25, 0.3) is 5.69 Å². The molecule has 0 fully saturated rings. The van der Waals surface area contributed by atoms with Crippen LogP contribution in [0.2, 0.25) is 5.02 Å². The van der Waals surface area contributed by atoms with Gasteiger partial charge in [-0.3, -0.25) is 10.1 Å². The van der Waals surface area contributed by atoms with E-state index in [1.54, 1.807) is 6.07 Å². The van der Waals surface area contributed by atoms with E-state index in [4.69, 9.17) is 23.1 Å². The lowest BCUT2D eigenvalue weighted by molar-refractivity contribution is -0.384. The Morgan fingerprint density at radius 2 is 2.12 bits per heavy atom. The van der Waals surface area contributed by atoms with Gasteiger partial charge in [0.2, 0.25) is 5.96 Å². The molecule has 0 aliphatic carbocycles. The molecule has 4 N–H and O–H groups in total. The van der Waals surface area contributed by atoms with Gasteiger partial charge in [0.1, 0.15) is 5.02 Å². The molecule has 0 aliphatic rings. The van der Waals surface area contributed by atoms with Crippen molar-refractivity contribution < 1.29 is 4.92 Å². The molecule has 1 aromatic rings. The SMILES string of the molecule is Cl.NC(N)=NN=Cc1ccc(Cl)c([N+](=O)[O-])c1. The predicted octanol–water partition coefficient (Wildman–Crippen LogP) is 1.28. The van der Waals surface area contributed by atoms with Gasteiger partial charge in [0.05, 0.1) is 11.1 Å². The molecular weight excluding hydrogens is 269 g/mol. The smallest absolute Gasteiger partial charge is 0.288 e. The molecule has 0 saturated heterocycles. The van der Waals surface area contributed by atoms with Crippen LogP contribution in [0.25, 0.3) is 0 Å². The van der Waals surface area contributed by atoms with Gasteiger partial charge in [0.15, 0.2) is 0 Å². The highest BCUT2D eigenvalue weighted by molar-refractivity contribution is 6.32. The Bertz CT molecular complexity index is 471. The molecule has 0 aliphatic heterocycles. The van der Waals surface area contributed by atoms with Gasteiger partial charge in [-0.05, 0) is 6.07 Å². The van der Waals surface area contributed by atoms with E-state index < -0.39 is 4.92 Å². The Morgan fingerprint density at radius 3 is 2.65 bits per heavy atom. The maximum absolute atomic E-state index is 10.6. The number of rotatable bonds is 3. The van der Waals surface area contributed by atoms with E-state index in [9.17, 15) is 10.1 Å². The third kappa shape index (κ3) is 4.66. The molecule has 0 amide bonds. The van der Waals surface area contributed by atoms with Crippen molar-refractivity contribution in [2.45, 2.75) is 0 Å². The molecule has 9 heteroatoms. The molecule has 0 heterocycles. The third-order valence-corrected chi connectivity index (χ3v) is 1.87. The zero-order valence-electron chi connectivity index (χ0n) is 8.41. The van der Waals surface area contributed by atoms with Gasteiger partial charge in [-0.1, -0.05) is 17.7 Å². The number of hydrogen-bond acceptors (Lipinski definition) is 4. The number of guanidine groups is 1. The van der Waals surface area contributed by atoms with Crippen LogP contribution in [0.4, 0.5) is 5.69 Å². The van der Waals surface area contributed by atoms with Crippen LogP contribution in [-0.2, 0) is 0 Å². The van der Waals surface area contributed by atoms with Crippen LogP contribution in [0.15, 0.2) is 28.4 Å². The van der Waals surface area contributed by atoms with Crippen LogP contribution in [0.5, 0.6) is 0 Å². The molecule has 0 aromatic heterocycles. The predicted molar refractivity (Wildman–Crippen MR) is 68.8 cm³/mol. The van der Waals surface area contributed by atoms with Crippen molar-refractivity contribution in [1.29, 1.82) is 0 Å². The Labute approximate surface area is 108 Å². The molecule has 0 unspecified atom stereocenters. The van der Waals surface area contributed by atoms with E-state index in [1.807, 2.05) is 0 Å². The van der Waals surface area contributed by atoms with Gasteiger partial charge < -0.3 is 11.5 Å². The maximum Gasteiger partial charge on any atom is 0.288 e. The van der Waals surface area contributed by atoms with Gasteiger partial charge in [0, 0.05) is 11.6 Å². The van der Waals surface area contributed by atoms with Crippen LogP contribution >= 0.6 is 24.0 Å². The summed E-state index contributed by atoms with van der Waals surface area (Å²) in [6.07, 6.45) is 1.28. The molecule has 1 aromatic carbocycles. The second-order valence-electron chi connectivity index (χ2n) is 2.74. The van der Waals surface area contributed by atoms with Crippen LogP contribution in [0, 0.1) is 10.1 Å². The first-order valence-electron chi connectivity index (χ1n) is 4.06. The number of benzene rings is 1. The minimum absolute atomic E-state index is 0. The van der Waals surface area contributed by atoms with Crippen molar-refractivity contribution in [3.8, 4) is 0 Å². The fourth-order valence-electron chi connectivity index (χ4n) is 0.912. The van der Waals surface area contributed by atoms with Crippen molar-refractivity contribution in [3.63, 3.8) is 0 Å². The summed E-state index contributed by atoms with van der Waals surface area (Å²) in [7, 11) is 0. The second-order valence-corrected chi connectivity index (χ2v) is 3.14. The van der Waals surface area contributed by atoms with Gasteiger partial charge in [-0.2, -0.15) is 5.10 Å². The van der Waals surface area contributed by atoms with Gasteiger partial charge in [-0.15, -0.1) is 17.5 Å². The summed E-state index contributed by atoms with van der Waals surface area (Å²) in [5.74, 6) is -0.195. The quantitative estimate of drug-likeness (QED) is 0.374. The van der Waals surface area contributed by atoms with Crippen molar-refractivity contribution in [1.82, 2.24) is 0 Å². The maximum atomic E-state index is 10.6. The van der Waals surface area contributed by atoms with E-state index in [0.717, 1.165) is 0 Å². The van der Waals surface area contributed by atoms with E-state index >= 15 is 0 Å². The molecule has 7 nitrogen and oxygen atoms in total. The highest BCUT2D eigenvalue weighted by Gasteiger charge is 2.11. The topological polar surface area (TPSA) is 120 Å². The Morgan fingerprint density at radius 1 is 1.47 bits per heavy atom. The normalized spacial score (nSPS) is 9.71. The average Bonchev–Trinajstić information content (AvgIpc) is 2.19. The summed E-state index contributed by atoms with van der Waals surface area (Å²) in [5, 5.41) is 17.5. The highest BCUT2D eigenvalue weighted by atomic mass is 35.5. The van der Waals surface area contributed by atoms with E-state index in [-0.39, 0.29) is 29.1 Å². The molecule has 0 radical (unpaired) electrons. The molecular formula is C8H9Cl2N5O2. The van der Waals surface area contributed by atoms with Crippen LogP contribution in [0.3, 0.4) is 0 Å². The summed E-state index contributed by atoms with van der Waals surface area (Å²) in [4.78, 5) is 9.98. The standard InChI is InChI=1S/C8H8ClN5O2.ClH/c9-6-2-1-5(3-7(6)14(15)16)4-12-13-8(10)11;/h1-4H,(H4,10,11,13);1H. The van der Waals surface area contributed by atoms with Crippen molar-refractivity contribution >= 4 is 41.9 Å². The van der Waals surface area contributed by atoms with Gasteiger partial charge in [-0.25, -0.2) is 0 Å². The molecule has 0 spiro atoms. The van der Waals surface area contributed by atoms with Crippen molar-refractivity contribution in [2.75, 3.05) is 0 Å². The number of nitro benzene ring substituents is 1. The summed E-state index contributed by atoms with van der Waals surface area (Å²) < 4.78 is 0. The fraction of sp³-hybridized carbons (Fsp3) is 0. The summed E-state index contributed by atoms with van der Waals surface area (Å²) in [5.41, 5.74) is 10.4. The summed E-state index contributed by atoms with van der Waals surface area (Å²) >= 11 is 5.62. The lowest BCUT2D eigenvalue weighted by Crippen LogP contribution is -2.21. The molecule has 17 heavy (non-hydrogen) atoms. The Balaban J connectivity index is 0.00000256. The number of halogens is 2. The highest BCUT2D eigenvalue weighted by Crippen LogP contribution is 2.24. The zero-order chi connectivity index (χ0) is 12.1. The number of nitrogens with zero attached hydrogens (tertiary/aromatic N) is 3. The first-order chi connectivity index (χ1) is 7.50. The molecule has 92 valence electrons. The van der Waals surface area contributed by atoms with Crippen LogP contribution < -0.4 is 11.5 Å². The number of nitro groups is 1. The van der Waals surface area contributed by atoms with Crippen molar-refractivity contribution in [2.24, 2.45) is 21.7 Å². The Hall–Kier alpha value is -1.86. The summed E-state index contributed by atoms with van der Waals surface area (Å²) in [6, 6.07) is 4.23. The number of nitrogens with two attached hydrogens (primary N) is 2. The minimum atomic E-state index is -0.583. The fourth-order valence-corrected chi connectivity index (χ4v) is 1.10. The number of hydrogen-bond donors (Lipinski definition) is 2. The third-order valence-electron chi connectivity index (χ3n) is 1.55. The molecule has 1 rings (SSSR count). The van der Waals surface area contributed by atoms with E-state index in [1.165, 1.54) is 18.3 Å². The monoisotopic (exact) mass is 277 g/mol. The van der Waals surface area contributed by atoms with Crippen molar-refractivity contribution in [3.05, 3.63) is 38.9 Å². The lowest BCUT2D eigenvalue weighted by Gasteiger charge is -1.96. The van der Waals surface area contributed by atoms with E-state index in [0.29, 0.717) is 5.56 Å². The first kappa shape index (κ1) is 15.1.